The van der Waals surface area contributed by atoms with Crippen molar-refractivity contribution >= 4 is 5.69 Å². The van der Waals surface area contributed by atoms with Crippen LogP contribution in [0.2, 0.25) is 0 Å². The lowest BCUT2D eigenvalue weighted by Crippen LogP contribution is -1.92. The molecule has 0 aliphatic carbocycles. The lowest BCUT2D eigenvalue weighted by Gasteiger charge is -2.05. The highest BCUT2D eigenvalue weighted by atomic mass is 16.6. The summed E-state index contributed by atoms with van der Waals surface area (Å²) in [5, 5.41) is 10.5. The highest BCUT2D eigenvalue weighted by Gasteiger charge is 2.04. The summed E-state index contributed by atoms with van der Waals surface area (Å²) in [5.41, 5.74) is 0.0899. The van der Waals surface area contributed by atoms with Crippen molar-refractivity contribution in [2.24, 2.45) is 0 Å². The van der Waals surface area contributed by atoms with Crippen LogP contribution in [0.15, 0.2) is 24.3 Å². The quantitative estimate of drug-likeness (QED) is 0.225. The van der Waals surface area contributed by atoms with Crippen LogP contribution in [0.1, 0.15) is 77.6 Å². The zero-order valence-corrected chi connectivity index (χ0v) is 14.3. The molecule has 0 fully saturated rings. The fourth-order valence-corrected chi connectivity index (χ4v) is 2.52. The number of rotatable bonds is 14. The summed E-state index contributed by atoms with van der Waals surface area (Å²) in [4.78, 5) is 10.1. The lowest BCUT2D eigenvalue weighted by atomic mass is 10.1. The van der Waals surface area contributed by atoms with Crippen molar-refractivity contribution in [1.29, 1.82) is 0 Å². The molecular formula is C19H30NO3. The average Bonchev–Trinajstić information content (AvgIpc) is 2.56. The van der Waals surface area contributed by atoms with Gasteiger partial charge in [0.2, 0.25) is 0 Å². The van der Waals surface area contributed by atoms with E-state index in [-0.39, 0.29) is 5.69 Å². The van der Waals surface area contributed by atoms with Crippen LogP contribution in [0.5, 0.6) is 5.75 Å². The summed E-state index contributed by atoms with van der Waals surface area (Å²) < 4.78 is 5.48. The highest BCUT2D eigenvalue weighted by Crippen LogP contribution is 2.19. The molecule has 23 heavy (non-hydrogen) atoms. The largest absolute Gasteiger partial charge is 0.487 e. The molecule has 0 aromatic heterocycles. The molecule has 0 N–H and O–H groups in total. The molecule has 0 bridgehead atoms. The van der Waals surface area contributed by atoms with Gasteiger partial charge < -0.3 is 4.74 Å². The van der Waals surface area contributed by atoms with E-state index < -0.39 is 4.92 Å². The summed E-state index contributed by atoms with van der Waals surface area (Å²) in [6.45, 7) is 4.05. The maximum Gasteiger partial charge on any atom is 0.269 e. The molecule has 1 radical (unpaired) electrons. The predicted octanol–water partition coefficient (Wildman–Crippen LogP) is 6.45. The first-order chi connectivity index (χ1) is 11.2. The minimum Gasteiger partial charge on any atom is -0.487 e. The summed E-state index contributed by atoms with van der Waals surface area (Å²) in [6, 6.07) is 6.19. The molecule has 4 nitrogen and oxygen atoms in total. The molecular weight excluding hydrogens is 290 g/mol. The Kier molecular flexibility index (Phi) is 10.9. The summed E-state index contributed by atoms with van der Waals surface area (Å²) in [7, 11) is 0. The first-order valence-corrected chi connectivity index (χ1v) is 8.97. The molecule has 4 heteroatoms. The average molecular weight is 320 g/mol. The van der Waals surface area contributed by atoms with Crippen LogP contribution in [0.25, 0.3) is 0 Å². The lowest BCUT2D eigenvalue weighted by molar-refractivity contribution is -0.384. The minimum atomic E-state index is -0.405. The minimum absolute atomic E-state index is 0.0899. The van der Waals surface area contributed by atoms with Gasteiger partial charge in [-0.1, -0.05) is 64.7 Å². The highest BCUT2D eigenvalue weighted by molar-refractivity contribution is 5.36. The zero-order chi connectivity index (χ0) is 16.8. The number of non-ortho nitro benzene ring substituents is 1. The topological polar surface area (TPSA) is 52.4 Å². The van der Waals surface area contributed by atoms with Gasteiger partial charge in [-0.15, -0.1) is 0 Å². The van der Waals surface area contributed by atoms with Gasteiger partial charge in [-0.25, -0.2) is 0 Å². The number of ether oxygens (including phenoxy) is 1. The Hall–Kier alpha value is -1.58. The maximum atomic E-state index is 10.5. The molecule has 0 aliphatic rings. The van der Waals surface area contributed by atoms with Crippen molar-refractivity contribution in [1.82, 2.24) is 0 Å². The molecule has 0 spiro atoms. The van der Waals surface area contributed by atoms with Crippen molar-refractivity contribution < 1.29 is 9.66 Å². The van der Waals surface area contributed by atoms with Gasteiger partial charge >= 0.3 is 0 Å². The van der Waals surface area contributed by atoms with E-state index in [0.717, 1.165) is 12.8 Å². The van der Waals surface area contributed by atoms with Crippen LogP contribution >= 0.6 is 0 Å². The van der Waals surface area contributed by atoms with Gasteiger partial charge in [0.15, 0.2) is 0 Å². The van der Waals surface area contributed by atoms with Crippen molar-refractivity contribution in [2.45, 2.75) is 77.6 Å². The van der Waals surface area contributed by atoms with E-state index in [1.165, 1.54) is 69.9 Å². The Labute approximate surface area is 140 Å². The van der Waals surface area contributed by atoms with Crippen molar-refractivity contribution in [2.75, 3.05) is 0 Å². The van der Waals surface area contributed by atoms with Crippen molar-refractivity contribution in [3.8, 4) is 5.75 Å². The third-order valence-corrected chi connectivity index (χ3v) is 3.94. The van der Waals surface area contributed by atoms with Gasteiger partial charge in [0.25, 0.3) is 5.69 Å². The molecule has 0 aliphatic heterocycles. The fourth-order valence-electron chi connectivity index (χ4n) is 2.52. The normalized spacial score (nSPS) is 10.7. The first-order valence-electron chi connectivity index (χ1n) is 8.97. The number of benzene rings is 1. The maximum absolute atomic E-state index is 10.5. The number of nitrogens with zero attached hydrogens (tertiary/aromatic N) is 1. The van der Waals surface area contributed by atoms with E-state index in [9.17, 15) is 10.1 Å². The Bertz CT molecular complexity index is 417. The van der Waals surface area contributed by atoms with Gasteiger partial charge in [-0.2, -0.15) is 0 Å². The van der Waals surface area contributed by atoms with E-state index in [2.05, 4.69) is 6.92 Å². The van der Waals surface area contributed by atoms with Crippen molar-refractivity contribution in [3.05, 3.63) is 41.0 Å². The summed E-state index contributed by atoms with van der Waals surface area (Å²) in [5.74, 6) is 0.655. The Morgan fingerprint density at radius 1 is 0.913 bits per heavy atom. The molecule has 0 atom stereocenters. The van der Waals surface area contributed by atoms with Gasteiger partial charge in [0, 0.05) is 12.1 Å². The number of unbranched alkanes of at least 4 members (excludes halogenated alkanes) is 10. The van der Waals surface area contributed by atoms with Crippen LogP contribution in [0.3, 0.4) is 0 Å². The molecule has 0 saturated heterocycles. The van der Waals surface area contributed by atoms with Gasteiger partial charge in [0.1, 0.15) is 12.4 Å². The summed E-state index contributed by atoms with van der Waals surface area (Å²) >= 11 is 0. The van der Waals surface area contributed by atoms with Crippen LogP contribution < -0.4 is 4.74 Å². The number of hydrogen-bond acceptors (Lipinski definition) is 3. The Morgan fingerprint density at radius 2 is 1.43 bits per heavy atom. The molecule has 129 valence electrons. The Balaban J connectivity index is 1.90. The number of nitro groups is 1. The molecule has 0 heterocycles. The molecule has 1 rings (SSSR count). The summed E-state index contributed by atoms with van der Waals surface area (Å²) in [6.07, 6.45) is 14.2. The number of nitro benzene ring substituents is 1. The third kappa shape index (κ3) is 9.93. The second kappa shape index (κ2) is 12.9. The van der Waals surface area contributed by atoms with E-state index in [4.69, 9.17) is 4.74 Å². The molecule has 0 amide bonds. The molecule has 1 aromatic carbocycles. The second-order valence-electron chi connectivity index (χ2n) is 6.01. The van der Waals surface area contributed by atoms with E-state index >= 15 is 0 Å². The van der Waals surface area contributed by atoms with Gasteiger partial charge in [-0.3, -0.25) is 10.1 Å². The predicted molar refractivity (Wildman–Crippen MR) is 94.5 cm³/mol. The first kappa shape index (κ1) is 19.5. The van der Waals surface area contributed by atoms with Gasteiger partial charge in [0.05, 0.1) is 4.92 Å². The standard InChI is InChI=1S/C19H30NO3/c1-2-3-4-5-6-7-8-9-10-11-12-17-23-19-15-13-18(14-16-19)20(21)22/h13-17H,2-12H2,1H3. The molecule has 1 aromatic rings. The third-order valence-electron chi connectivity index (χ3n) is 3.94. The molecule has 0 unspecified atom stereocenters. The monoisotopic (exact) mass is 320 g/mol. The SMILES string of the molecule is CCCCCCCCCCCC[CH]Oc1ccc([N+](=O)[O-])cc1. The smallest absolute Gasteiger partial charge is 0.269 e. The molecule has 0 saturated carbocycles. The van der Waals surface area contributed by atoms with E-state index in [0.29, 0.717) is 5.75 Å². The zero-order valence-electron chi connectivity index (χ0n) is 14.3. The number of hydrogen-bond donors (Lipinski definition) is 0. The van der Waals surface area contributed by atoms with Gasteiger partial charge in [-0.05, 0) is 25.0 Å². The van der Waals surface area contributed by atoms with Crippen LogP contribution in [0.4, 0.5) is 5.69 Å². The fraction of sp³-hybridized carbons (Fsp3) is 0.632. The second-order valence-corrected chi connectivity index (χ2v) is 6.01. The van der Waals surface area contributed by atoms with Crippen LogP contribution in [-0.2, 0) is 0 Å². The van der Waals surface area contributed by atoms with E-state index in [1.807, 2.05) is 0 Å². The van der Waals surface area contributed by atoms with Crippen LogP contribution in [-0.4, -0.2) is 4.92 Å². The van der Waals surface area contributed by atoms with Crippen molar-refractivity contribution in [3.63, 3.8) is 0 Å². The van der Waals surface area contributed by atoms with E-state index in [1.54, 1.807) is 18.7 Å². The van der Waals surface area contributed by atoms with Crippen LogP contribution in [0, 0.1) is 16.7 Å². The Morgan fingerprint density at radius 3 is 1.96 bits per heavy atom.